The van der Waals surface area contributed by atoms with E-state index in [1.807, 2.05) is 30.3 Å². The largest absolute Gasteiger partial charge is 0.508 e. The lowest BCUT2D eigenvalue weighted by Gasteiger charge is -2.42. The Kier molecular flexibility index (Phi) is 10.4. The van der Waals surface area contributed by atoms with Crippen molar-refractivity contribution in [1.82, 2.24) is 20.5 Å². The highest BCUT2D eigenvalue weighted by molar-refractivity contribution is 5.94. The molecule has 9 nitrogen and oxygen atoms in total. The van der Waals surface area contributed by atoms with Crippen LogP contribution in [0.25, 0.3) is 10.9 Å². The number of aryl methyl sites for hydroxylation is 1. The van der Waals surface area contributed by atoms with Crippen LogP contribution < -0.4 is 16.2 Å². The van der Waals surface area contributed by atoms with Gasteiger partial charge in [0.05, 0.1) is 11.6 Å². The molecule has 1 aliphatic heterocycles. The molecule has 1 atom stereocenters. The van der Waals surface area contributed by atoms with E-state index in [2.05, 4.69) is 57.9 Å². The molecule has 6 rings (SSSR count). The van der Waals surface area contributed by atoms with Crippen LogP contribution in [0.2, 0.25) is 0 Å². The molecular formula is C40H44N4O5. The third kappa shape index (κ3) is 7.70. The van der Waals surface area contributed by atoms with Crippen LogP contribution in [0.15, 0.2) is 102 Å². The number of H-pyrrole nitrogens is 1. The summed E-state index contributed by atoms with van der Waals surface area (Å²) in [6.45, 7) is 3.21. The minimum Gasteiger partial charge on any atom is -0.508 e. The SMILES string of the molecule is CN1CCC(c2ccccc2)(c2cc(CCCNC(=O)c3ccc(CNC[C@H](O)c4ccc(O)c5[nH]c(=O)ccc45)cc3)ccc2O)CC1. The Morgan fingerprint density at radius 2 is 1.61 bits per heavy atom. The topological polar surface area (TPSA) is 138 Å². The van der Waals surface area contributed by atoms with Gasteiger partial charge in [-0.3, -0.25) is 9.59 Å². The summed E-state index contributed by atoms with van der Waals surface area (Å²) in [5, 5.41) is 38.8. The van der Waals surface area contributed by atoms with Crippen molar-refractivity contribution in [3.8, 4) is 11.5 Å². The fraction of sp³-hybridized carbons (Fsp3) is 0.300. The van der Waals surface area contributed by atoms with E-state index in [0.29, 0.717) is 40.9 Å². The summed E-state index contributed by atoms with van der Waals surface area (Å²) in [4.78, 5) is 29.5. The van der Waals surface area contributed by atoms with Gasteiger partial charge < -0.3 is 35.8 Å². The zero-order chi connectivity index (χ0) is 34.4. The number of hydrogen-bond acceptors (Lipinski definition) is 7. The second-order valence-electron chi connectivity index (χ2n) is 13.1. The number of phenolic OH excluding ortho intramolecular Hbond substituents is 2. The number of aromatic amines is 1. The normalized spacial score (nSPS) is 15.2. The van der Waals surface area contributed by atoms with Gasteiger partial charge in [-0.1, -0.05) is 60.7 Å². The Morgan fingerprint density at radius 3 is 2.37 bits per heavy atom. The third-order valence-electron chi connectivity index (χ3n) is 9.82. The third-order valence-corrected chi connectivity index (χ3v) is 9.82. The molecule has 2 heterocycles. The van der Waals surface area contributed by atoms with Crippen molar-refractivity contribution in [2.75, 3.05) is 33.2 Å². The van der Waals surface area contributed by atoms with Crippen LogP contribution in [0, 0.1) is 0 Å². The van der Waals surface area contributed by atoms with Crippen molar-refractivity contribution in [2.45, 2.75) is 43.7 Å². The monoisotopic (exact) mass is 660 g/mol. The number of amides is 1. The Morgan fingerprint density at radius 1 is 0.898 bits per heavy atom. The molecular weight excluding hydrogens is 616 g/mol. The molecule has 0 spiro atoms. The fourth-order valence-corrected chi connectivity index (χ4v) is 6.98. The van der Waals surface area contributed by atoms with Gasteiger partial charge in [-0.2, -0.15) is 0 Å². The molecule has 4 aromatic carbocycles. The molecule has 1 aromatic heterocycles. The van der Waals surface area contributed by atoms with Crippen LogP contribution in [0.3, 0.4) is 0 Å². The van der Waals surface area contributed by atoms with E-state index >= 15 is 0 Å². The zero-order valence-electron chi connectivity index (χ0n) is 27.8. The summed E-state index contributed by atoms with van der Waals surface area (Å²) in [5.74, 6) is 0.157. The first-order valence-corrected chi connectivity index (χ1v) is 16.9. The standard InChI is InChI=1S/C40H44N4O5/c1-44-22-19-40(20-23-44,30-7-3-2-4-8-30)33-24-27(11-16-34(33)45)6-5-21-42-39(49)29-12-9-28(10-13-29)25-41-26-36(47)31-14-17-35(46)38-32(31)15-18-37(48)43-38/h2-4,7-18,24,36,41,45-47H,5-6,19-23,25-26H2,1H3,(H,42,49)(H,43,48)/t36-/m0/s1. The average Bonchev–Trinajstić information content (AvgIpc) is 3.12. The number of nitrogens with one attached hydrogen (secondary N) is 3. The van der Waals surface area contributed by atoms with Crippen molar-refractivity contribution in [3.05, 3.63) is 141 Å². The predicted molar refractivity (Wildman–Crippen MR) is 192 cm³/mol. The van der Waals surface area contributed by atoms with Gasteiger partial charge in [-0.15, -0.1) is 0 Å². The highest BCUT2D eigenvalue weighted by atomic mass is 16.3. The Hall–Kier alpha value is -4.96. The maximum atomic E-state index is 12.9. The van der Waals surface area contributed by atoms with Gasteiger partial charge in [0, 0.05) is 47.6 Å². The summed E-state index contributed by atoms with van der Waals surface area (Å²) in [6.07, 6.45) is 2.59. The molecule has 1 saturated heterocycles. The van der Waals surface area contributed by atoms with Gasteiger partial charge in [0.25, 0.3) is 5.91 Å². The molecule has 1 aliphatic rings. The van der Waals surface area contributed by atoms with Gasteiger partial charge in [-0.05, 0) is 98.4 Å². The number of hydrogen-bond donors (Lipinski definition) is 6. The summed E-state index contributed by atoms with van der Waals surface area (Å²) < 4.78 is 0. The maximum absolute atomic E-state index is 12.9. The average molecular weight is 661 g/mol. The first-order chi connectivity index (χ1) is 23.7. The number of likely N-dealkylation sites (tertiary alicyclic amines) is 1. The smallest absolute Gasteiger partial charge is 0.251 e. The van der Waals surface area contributed by atoms with E-state index < -0.39 is 6.10 Å². The van der Waals surface area contributed by atoms with Crippen LogP contribution >= 0.6 is 0 Å². The summed E-state index contributed by atoms with van der Waals surface area (Å²) in [7, 11) is 2.15. The summed E-state index contributed by atoms with van der Waals surface area (Å²) in [6, 6.07) is 29.9. The zero-order valence-corrected chi connectivity index (χ0v) is 27.8. The van der Waals surface area contributed by atoms with E-state index in [4.69, 9.17) is 0 Å². The van der Waals surface area contributed by atoms with E-state index in [-0.39, 0.29) is 29.2 Å². The van der Waals surface area contributed by atoms with Gasteiger partial charge in [0.2, 0.25) is 5.56 Å². The second-order valence-corrected chi connectivity index (χ2v) is 13.1. The van der Waals surface area contributed by atoms with Crippen molar-refractivity contribution in [1.29, 1.82) is 0 Å². The molecule has 254 valence electrons. The number of carbonyl (C=O) groups excluding carboxylic acids is 1. The number of piperidine rings is 1. The Labute approximate surface area is 286 Å². The molecule has 5 aromatic rings. The number of aliphatic hydroxyl groups is 1. The Balaban J connectivity index is 0.994. The highest BCUT2D eigenvalue weighted by Crippen LogP contribution is 2.45. The fourth-order valence-electron chi connectivity index (χ4n) is 6.98. The van der Waals surface area contributed by atoms with Gasteiger partial charge >= 0.3 is 0 Å². The first-order valence-electron chi connectivity index (χ1n) is 16.9. The molecule has 0 unspecified atom stereocenters. The van der Waals surface area contributed by atoms with E-state index in [0.717, 1.165) is 55.5 Å². The molecule has 49 heavy (non-hydrogen) atoms. The van der Waals surface area contributed by atoms with E-state index in [1.54, 1.807) is 24.3 Å². The van der Waals surface area contributed by atoms with Gasteiger partial charge in [-0.25, -0.2) is 0 Å². The van der Waals surface area contributed by atoms with Crippen LogP contribution in [0.4, 0.5) is 0 Å². The minimum absolute atomic E-state index is 0.0490. The van der Waals surface area contributed by atoms with E-state index in [9.17, 15) is 24.9 Å². The summed E-state index contributed by atoms with van der Waals surface area (Å²) in [5.41, 5.74) is 5.26. The van der Waals surface area contributed by atoms with Gasteiger partial charge in [0.15, 0.2) is 0 Å². The van der Waals surface area contributed by atoms with Crippen molar-refractivity contribution in [3.63, 3.8) is 0 Å². The number of carbonyl (C=O) groups is 1. The second kappa shape index (κ2) is 15.1. The number of pyridine rings is 1. The molecule has 0 bridgehead atoms. The summed E-state index contributed by atoms with van der Waals surface area (Å²) >= 11 is 0. The van der Waals surface area contributed by atoms with Crippen molar-refractivity contribution >= 4 is 16.8 Å². The number of aliphatic hydroxyl groups excluding tert-OH is 1. The molecule has 0 radical (unpaired) electrons. The first kappa shape index (κ1) is 33.9. The number of phenols is 2. The van der Waals surface area contributed by atoms with Crippen LogP contribution in [-0.4, -0.2) is 64.3 Å². The lowest BCUT2D eigenvalue weighted by molar-refractivity contribution is 0.0953. The number of aromatic hydroxyl groups is 2. The van der Waals surface area contributed by atoms with Crippen LogP contribution in [-0.2, 0) is 18.4 Å². The van der Waals surface area contributed by atoms with Crippen LogP contribution in [0.5, 0.6) is 11.5 Å². The lowest BCUT2D eigenvalue weighted by atomic mass is 9.67. The highest BCUT2D eigenvalue weighted by Gasteiger charge is 2.39. The lowest BCUT2D eigenvalue weighted by Crippen LogP contribution is -2.41. The van der Waals surface area contributed by atoms with E-state index in [1.165, 1.54) is 17.7 Å². The van der Waals surface area contributed by atoms with Crippen LogP contribution in [0.1, 0.15) is 63.5 Å². The quantitative estimate of drug-likeness (QED) is 0.102. The molecule has 9 heteroatoms. The maximum Gasteiger partial charge on any atom is 0.251 e. The molecule has 1 fully saturated rings. The van der Waals surface area contributed by atoms with Gasteiger partial charge in [0.1, 0.15) is 11.5 Å². The number of nitrogens with zero attached hydrogens (tertiary/aromatic N) is 1. The number of rotatable bonds is 12. The molecule has 0 saturated carbocycles. The predicted octanol–water partition coefficient (Wildman–Crippen LogP) is 5.14. The Bertz CT molecular complexity index is 1950. The number of benzene rings is 4. The number of fused-ring (bicyclic) bond motifs is 1. The minimum atomic E-state index is -0.855. The number of aromatic nitrogens is 1. The molecule has 1 amide bonds. The molecule has 0 aliphatic carbocycles. The molecule has 6 N–H and O–H groups in total. The van der Waals surface area contributed by atoms with Crippen molar-refractivity contribution < 1.29 is 20.1 Å². The van der Waals surface area contributed by atoms with Crippen molar-refractivity contribution in [2.24, 2.45) is 0 Å².